The Kier molecular flexibility index (Phi) is 4.32. The quantitative estimate of drug-likeness (QED) is 0.892. The van der Waals surface area contributed by atoms with E-state index < -0.39 is 6.10 Å². The maximum atomic E-state index is 10.2. The van der Waals surface area contributed by atoms with Gasteiger partial charge in [-0.3, -0.25) is 0 Å². The van der Waals surface area contributed by atoms with Crippen LogP contribution in [0.4, 0.5) is 0 Å². The van der Waals surface area contributed by atoms with Crippen LogP contribution in [0.15, 0.2) is 36.7 Å². The molecule has 0 saturated heterocycles. The van der Waals surface area contributed by atoms with Gasteiger partial charge in [0.05, 0.1) is 17.7 Å². The molecule has 0 saturated carbocycles. The Balaban J connectivity index is 2.09. The van der Waals surface area contributed by atoms with Gasteiger partial charge >= 0.3 is 0 Å². The van der Waals surface area contributed by atoms with Gasteiger partial charge in [-0.1, -0.05) is 19.1 Å². The number of aliphatic hydroxyl groups is 1. The standard InChI is InChI=1S/C15H17N3O/c1-2-8-18-9-7-17-15(18)10-14(19)13-5-3-12(11-16)4-6-13/h3-7,9,14,19H,2,8,10H2,1H3. The molecule has 0 spiro atoms. The average molecular weight is 255 g/mol. The van der Waals surface area contributed by atoms with Crippen LogP contribution < -0.4 is 0 Å². The zero-order valence-electron chi connectivity index (χ0n) is 11.0. The third-order valence-corrected chi connectivity index (χ3v) is 3.07. The Morgan fingerprint density at radius 3 is 2.74 bits per heavy atom. The molecule has 0 aliphatic carbocycles. The topological polar surface area (TPSA) is 61.8 Å². The minimum Gasteiger partial charge on any atom is -0.388 e. The molecule has 1 atom stereocenters. The molecule has 2 aromatic rings. The lowest BCUT2D eigenvalue weighted by Gasteiger charge is -2.12. The highest BCUT2D eigenvalue weighted by molar-refractivity contribution is 5.32. The molecule has 0 aliphatic heterocycles. The fourth-order valence-electron chi connectivity index (χ4n) is 2.05. The second-order valence-electron chi connectivity index (χ2n) is 4.49. The van der Waals surface area contributed by atoms with Gasteiger partial charge in [0.15, 0.2) is 0 Å². The van der Waals surface area contributed by atoms with E-state index in [-0.39, 0.29) is 0 Å². The van der Waals surface area contributed by atoms with Crippen molar-refractivity contribution in [2.75, 3.05) is 0 Å². The van der Waals surface area contributed by atoms with E-state index in [0.29, 0.717) is 12.0 Å². The van der Waals surface area contributed by atoms with E-state index in [0.717, 1.165) is 24.4 Å². The molecule has 1 aromatic heterocycles. The minimum absolute atomic E-state index is 0.485. The number of benzene rings is 1. The number of imidazole rings is 1. The van der Waals surface area contributed by atoms with Crippen molar-refractivity contribution in [2.45, 2.75) is 32.4 Å². The summed E-state index contributed by atoms with van der Waals surface area (Å²) < 4.78 is 2.06. The van der Waals surface area contributed by atoms with Gasteiger partial charge in [-0.15, -0.1) is 0 Å². The summed E-state index contributed by atoms with van der Waals surface area (Å²) in [6.45, 7) is 3.02. The van der Waals surface area contributed by atoms with Crippen molar-refractivity contribution in [2.24, 2.45) is 0 Å². The summed E-state index contributed by atoms with van der Waals surface area (Å²) in [6.07, 6.45) is 4.63. The zero-order valence-corrected chi connectivity index (χ0v) is 11.0. The van der Waals surface area contributed by atoms with Crippen LogP contribution in [0.25, 0.3) is 0 Å². The zero-order chi connectivity index (χ0) is 13.7. The lowest BCUT2D eigenvalue weighted by atomic mass is 10.0. The van der Waals surface area contributed by atoms with E-state index in [4.69, 9.17) is 5.26 Å². The first-order valence-electron chi connectivity index (χ1n) is 6.42. The van der Waals surface area contributed by atoms with Crippen molar-refractivity contribution in [1.82, 2.24) is 9.55 Å². The van der Waals surface area contributed by atoms with E-state index in [1.807, 2.05) is 6.20 Å². The van der Waals surface area contributed by atoms with Crippen molar-refractivity contribution < 1.29 is 5.11 Å². The highest BCUT2D eigenvalue weighted by atomic mass is 16.3. The number of aliphatic hydroxyl groups excluding tert-OH is 1. The molecule has 0 amide bonds. The van der Waals surface area contributed by atoms with Gasteiger partial charge in [-0.2, -0.15) is 5.26 Å². The van der Waals surface area contributed by atoms with Crippen LogP contribution in [0.3, 0.4) is 0 Å². The molecular weight excluding hydrogens is 238 g/mol. The van der Waals surface area contributed by atoms with Gasteiger partial charge in [0.2, 0.25) is 0 Å². The van der Waals surface area contributed by atoms with Crippen LogP contribution in [0.1, 0.15) is 36.4 Å². The summed E-state index contributed by atoms with van der Waals surface area (Å²) >= 11 is 0. The molecule has 0 radical (unpaired) electrons. The molecule has 0 fully saturated rings. The Morgan fingerprint density at radius 1 is 1.37 bits per heavy atom. The molecule has 1 aromatic carbocycles. The Labute approximate surface area is 113 Å². The van der Waals surface area contributed by atoms with Crippen LogP contribution in [0, 0.1) is 11.3 Å². The van der Waals surface area contributed by atoms with Gasteiger partial charge in [0.1, 0.15) is 5.82 Å². The largest absolute Gasteiger partial charge is 0.388 e. The van der Waals surface area contributed by atoms with E-state index in [1.54, 1.807) is 30.5 Å². The lowest BCUT2D eigenvalue weighted by molar-refractivity contribution is 0.174. The van der Waals surface area contributed by atoms with Gasteiger partial charge in [0, 0.05) is 25.4 Å². The molecule has 4 nitrogen and oxygen atoms in total. The second kappa shape index (κ2) is 6.17. The summed E-state index contributed by atoms with van der Waals surface area (Å²) in [5, 5.41) is 19.0. The number of hydrogen-bond acceptors (Lipinski definition) is 3. The average Bonchev–Trinajstić information content (AvgIpc) is 2.86. The number of aromatic nitrogens is 2. The monoisotopic (exact) mass is 255 g/mol. The summed E-state index contributed by atoms with van der Waals surface area (Å²) in [6, 6.07) is 9.08. The summed E-state index contributed by atoms with van der Waals surface area (Å²) in [5.41, 5.74) is 1.41. The summed E-state index contributed by atoms with van der Waals surface area (Å²) in [5.74, 6) is 0.888. The van der Waals surface area contributed by atoms with Gasteiger partial charge < -0.3 is 9.67 Å². The Bertz CT molecular complexity index is 566. The van der Waals surface area contributed by atoms with Crippen molar-refractivity contribution >= 4 is 0 Å². The maximum absolute atomic E-state index is 10.2. The van der Waals surface area contributed by atoms with Crippen molar-refractivity contribution in [1.29, 1.82) is 5.26 Å². The molecule has 19 heavy (non-hydrogen) atoms. The molecule has 0 aliphatic rings. The predicted molar refractivity (Wildman–Crippen MR) is 72.3 cm³/mol. The molecule has 1 heterocycles. The fraction of sp³-hybridized carbons (Fsp3) is 0.333. The van der Waals surface area contributed by atoms with Crippen LogP contribution in [0.2, 0.25) is 0 Å². The van der Waals surface area contributed by atoms with E-state index in [9.17, 15) is 5.11 Å². The maximum Gasteiger partial charge on any atom is 0.111 e. The third-order valence-electron chi connectivity index (χ3n) is 3.07. The number of aryl methyl sites for hydroxylation is 1. The first-order chi connectivity index (χ1) is 9.24. The molecule has 98 valence electrons. The first-order valence-corrected chi connectivity index (χ1v) is 6.42. The number of hydrogen-bond donors (Lipinski definition) is 1. The molecule has 0 bridgehead atoms. The number of nitriles is 1. The second-order valence-corrected chi connectivity index (χ2v) is 4.49. The van der Waals surface area contributed by atoms with E-state index >= 15 is 0 Å². The van der Waals surface area contributed by atoms with Crippen molar-refractivity contribution in [3.63, 3.8) is 0 Å². The molecular formula is C15H17N3O. The normalized spacial score (nSPS) is 12.1. The highest BCUT2D eigenvalue weighted by Gasteiger charge is 2.12. The number of nitrogens with zero attached hydrogens (tertiary/aromatic N) is 3. The van der Waals surface area contributed by atoms with Gasteiger partial charge in [-0.25, -0.2) is 4.98 Å². The van der Waals surface area contributed by atoms with Crippen molar-refractivity contribution in [3.05, 3.63) is 53.6 Å². The first kappa shape index (κ1) is 13.3. The van der Waals surface area contributed by atoms with Crippen LogP contribution >= 0.6 is 0 Å². The minimum atomic E-state index is -0.592. The fourth-order valence-corrected chi connectivity index (χ4v) is 2.05. The van der Waals surface area contributed by atoms with Crippen LogP contribution in [-0.4, -0.2) is 14.7 Å². The lowest BCUT2D eigenvalue weighted by Crippen LogP contribution is -2.09. The van der Waals surface area contributed by atoms with Crippen LogP contribution in [-0.2, 0) is 13.0 Å². The van der Waals surface area contributed by atoms with Crippen LogP contribution in [0.5, 0.6) is 0 Å². The molecule has 4 heteroatoms. The Hall–Kier alpha value is -2.12. The number of rotatable bonds is 5. The molecule has 1 N–H and O–H groups in total. The Morgan fingerprint density at radius 2 is 2.11 bits per heavy atom. The van der Waals surface area contributed by atoms with Gasteiger partial charge in [-0.05, 0) is 24.1 Å². The molecule has 1 unspecified atom stereocenters. The smallest absolute Gasteiger partial charge is 0.111 e. The van der Waals surface area contributed by atoms with Crippen molar-refractivity contribution in [3.8, 4) is 6.07 Å². The third kappa shape index (κ3) is 3.21. The highest BCUT2D eigenvalue weighted by Crippen LogP contribution is 2.18. The van der Waals surface area contributed by atoms with E-state index in [1.165, 1.54) is 0 Å². The van der Waals surface area contributed by atoms with Gasteiger partial charge in [0.25, 0.3) is 0 Å². The molecule has 2 rings (SSSR count). The summed E-state index contributed by atoms with van der Waals surface area (Å²) in [7, 11) is 0. The van der Waals surface area contributed by atoms with E-state index in [2.05, 4.69) is 22.5 Å². The summed E-state index contributed by atoms with van der Waals surface area (Å²) in [4.78, 5) is 4.28. The predicted octanol–water partition coefficient (Wildman–Crippen LogP) is 2.44. The SMILES string of the molecule is CCCn1ccnc1CC(O)c1ccc(C#N)cc1.